The number of halogens is 1. The first kappa shape index (κ1) is 13.4. The quantitative estimate of drug-likeness (QED) is 0.850. The van der Waals surface area contributed by atoms with Crippen LogP contribution in [0.2, 0.25) is 0 Å². The Hall–Kier alpha value is -1.07. The molecule has 0 spiro atoms. The number of aromatic hydroxyl groups is 1. The van der Waals surface area contributed by atoms with Crippen LogP contribution in [0.1, 0.15) is 17.3 Å². The van der Waals surface area contributed by atoms with Crippen LogP contribution in [0.25, 0.3) is 0 Å². The molecular formula is C13H16BrNO3. The number of phenols is 1. The number of alkyl halides is 1. The highest BCUT2D eigenvalue weighted by Crippen LogP contribution is 2.18. The molecule has 2 rings (SSSR count). The van der Waals surface area contributed by atoms with Gasteiger partial charge >= 0.3 is 0 Å². The number of amides is 1. The molecule has 0 radical (unpaired) electrons. The summed E-state index contributed by atoms with van der Waals surface area (Å²) in [7, 11) is 0. The van der Waals surface area contributed by atoms with Gasteiger partial charge in [0, 0.05) is 24.0 Å². The molecule has 0 saturated carbocycles. The van der Waals surface area contributed by atoms with Gasteiger partial charge in [0.15, 0.2) is 0 Å². The van der Waals surface area contributed by atoms with Crippen LogP contribution in [-0.2, 0) is 4.74 Å². The first-order valence-corrected chi connectivity index (χ1v) is 7.02. The predicted octanol–water partition coefficient (Wildman–Crippen LogP) is 2.02. The van der Waals surface area contributed by atoms with Crippen LogP contribution in [0, 0.1) is 0 Å². The van der Waals surface area contributed by atoms with Crippen molar-refractivity contribution in [2.75, 3.05) is 18.4 Å². The third kappa shape index (κ3) is 3.03. The standard InChI is InChI=1S/C13H16BrNO3/c1-9-7-15(8-12(6-14)18-9)13(17)10-3-2-4-11(16)5-10/h2-5,9,12,16H,6-8H2,1H3. The SMILES string of the molecule is CC1CN(C(=O)c2cccc(O)c2)CC(CBr)O1. The lowest BCUT2D eigenvalue weighted by molar-refractivity contribution is -0.0559. The van der Waals surface area contributed by atoms with Crippen LogP contribution < -0.4 is 0 Å². The zero-order chi connectivity index (χ0) is 13.1. The summed E-state index contributed by atoms with van der Waals surface area (Å²) in [5, 5.41) is 10.1. The highest BCUT2D eigenvalue weighted by atomic mass is 79.9. The molecule has 2 atom stereocenters. The monoisotopic (exact) mass is 313 g/mol. The highest BCUT2D eigenvalue weighted by Gasteiger charge is 2.28. The van der Waals surface area contributed by atoms with Crippen molar-refractivity contribution in [2.24, 2.45) is 0 Å². The minimum Gasteiger partial charge on any atom is -0.508 e. The molecule has 1 heterocycles. The zero-order valence-electron chi connectivity index (χ0n) is 10.2. The van der Waals surface area contributed by atoms with Crippen LogP contribution in [0.4, 0.5) is 0 Å². The number of hydrogen-bond donors (Lipinski definition) is 1. The van der Waals surface area contributed by atoms with Gasteiger partial charge < -0.3 is 14.7 Å². The van der Waals surface area contributed by atoms with Gasteiger partial charge in [0.2, 0.25) is 0 Å². The first-order chi connectivity index (χ1) is 8.60. The van der Waals surface area contributed by atoms with Crippen LogP contribution >= 0.6 is 15.9 Å². The Kier molecular flexibility index (Phi) is 4.24. The van der Waals surface area contributed by atoms with Gasteiger partial charge in [-0.1, -0.05) is 22.0 Å². The number of nitrogens with zero attached hydrogens (tertiary/aromatic N) is 1. The summed E-state index contributed by atoms with van der Waals surface area (Å²) in [4.78, 5) is 14.1. The van der Waals surface area contributed by atoms with E-state index in [-0.39, 0.29) is 23.9 Å². The van der Waals surface area contributed by atoms with Gasteiger partial charge in [0.25, 0.3) is 5.91 Å². The Morgan fingerprint density at radius 3 is 3.00 bits per heavy atom. The third-order valence-electron chi connectivity index (χ3n) is 2.88. The van der Waals surface area contributed by atoms with E-state index in [1.807, 2.05) is 6.92 Å². The molecule has 2 unspecified atom stereocenters. The number of ether oxygens (including phenoxy) is 1. The molecule has 0 aromatic heterocycles. The minimum absolute atomic E-state index is 0.0232. The van der Waals surface area contributed by atoms with E-state index in [0.717, 1.165) is 0 Å². The maximum Gasteiger partial charge on any atom is 0.254 e. The molecule has 1 fully saturated rings. The van der Waals surface area contributed by atoms with Gasteiger partial charge in [0.05, 0.1) is 12.2 Å². The Morgan fingerprint density at radius 1 is 1.56 bits per heavy atom. The Bertz CT molecular complexity index is 438. The molecule has 1 aromatic carbocycles. The van der Waals surface area contributed by atoms with Crippen molar-refractivity contribution in [3.05, 3.63) is 29.8 Å². The molecule has 1 N–H and O–H groups in total. The zero-order valence-corrected chi connectivity index (χ0v) is 11.8. The summed E-state index contributed by atoms with van der Waals surface area (Å²) in [5.74, 6) is 0.0474. The molecule has 1 aromatic rings. The van der Waals surface area contributed by atoms with Crippen LogP contribution in [0.15, 0.2) is 24.3 Å². The molecule has 98 valence electrons. The van der Waals surface area contributed by atoms with E-state index in [0.29, 0.717) is 24.0 Å². The largest absolute Gasteiger partial charge is 0.508 e. The average Bonchev–Trinajstić information content (AvgIpc) is 2.37. The first-order valence-electron chi connectivity index (χ1n) is 5.90. The normalized spacial score (nSPS) is 24.0. The van der Waals surface area contributed by atoms with Gasteiger partial charge in [-0.15, -0.1) is 0 Å². The molecule has 18 heavy (non-hydrogen) atoms. The van der Waals surface area contributed by atoms with E-state index >= 15 is 0 Å². The van der Waals surface area contributed by atoms with E-state index in [4.69, 9.17) is 4.74 Å². The lowest BCUT2D eigenvalue weighted by Gasteiger charge is -2.36. The van der Waals surface area contributed by atoms with Crippen LogP contribution in [-0.4, -0.2) is 46.5 Å². The maximum absolute atomic E-state index is 12.3. The summed E-state index contributed by atoms with van der Waals surface area (Å²) >= 11 is 3.38. The minimum atomic E-state index is -0.0630. The number of phenolic OH excluding ortho intramolecular Hbond substituents is 1. The second-order valence-electron chi connectivity index (χ2n) is 4.48. The maximum atomic E-state index is 12.3. The molecular weight excluding hydrogens is 298 g/mol. The van der Waals surface area contributed by atoms with Gasteiger partial charge in [-0.25, -0.2) is 0 Å². The number of benzene rings is 1. The Balaban J connectivity index is 2.13. The molecule has 1 amide bonds. The van der Waals surface area contributed by atoms with Gasteiger partial charge in [-0.05, 0) is 25.1 Å². The predicted molar refractivity (Wildman–Crippen MR) is 72.1 cm³/mol. The highest BCUT2D eigenvalue weighted by molar-refractivity contribution is 9.09. The summed E-state index contributed by atoms with van der Waals surface area (Å²) in [6.07, 6.45) is 0.0533. The molecule has 0 aliphatic carbocycles. The van der Waals surface area contributed by atoms with Crippen molar-refractivity contribution >= 4 is 21.8 Å². The fourth-order valence-electron chi connectivity index (χ4n) is 2.12. The van der Waals surface area contributed by atoms with E-state index in [1.165, 1.54) is 6.07 Å². The van der Waals surface area contributed by atoms with Gasteiger partial charge in [-0.2, -0.15) is 0 Å². The summed E-state index contributed by atoms with van der Waals surface area (Å²) < 4.78 is 5.69. The van der Waals surface area contributed by atoms with E-state index in [9.17, 15) is 9.90 Å². The van der Waals surface area contributed by atoms with E-state index < -0.39 is 0 Å². The summed E-state index contributed by atoms with van der Waals surface area (Å²) in [6, 6.07) is 6.44. The molecule has 1 aliphatic heterocycles. The lowest BCUT2D eigenvalue weighted by atomic mass is 10.1. The second kappa shape index (κ2) is 5.71. The van der Waals surface area contributed by atoms with Crippen molar-refractivity contribution in [1.82, 2.24) is 4.90 Å². The summed E-state index contributed by atoms with van der Waals surface area (Å²) in [6.45, 7) is 3.11. The van der Waals surface area contributed by atoms with Gasteiger partial charge in [-0.3, -0.25) is 4.79 Å². The molecule has 0 bridgehead atoms. The van der Waals surface area contributed by atoms with Crippen molar-refractivity contribution in [3.63, 3.8) is 0 Å². The number of carbonyl (C=O) groups is 1. The van der Waals surface area contributed by atoms with Crippen LogP contribution in [0.5, 0.6) is 5.75 Å². The fourth-order valence-corrected chi connectivity index (χ4v) is 2.48. The summed E-state index contributed by atoms with van der Waals surface area (Å²) in [5.41, 5.74) is 0.512. The number of morpholine rings is 1. The Labute approximate surface area is 115 Å². The van der Waals surface area contributed by atoms with Crippen molar-refractivity contribution in [3.8, 4) is 5.75 Å². The number of rotatable bonds is 2. The van der Waals surface area contributed by atoms with Crippen LogP contribution in [0.3, 0.4) is 0 Å². The third-order valence-corrected chi connectivity index (χ3v) is 3.60. The van der Waals surface area contributed by atoms with Crippen molar-refractivity contribution in [2.45, 2.75) is 19.1 Å². The fraction of sp³-hybridized carbons (Fsp3) is 0.462. The van der Waals surface area contributed by atoms with E-state index in [1.54, 1.807) is 23.1 Å². The molecule has 1 aliphatic rings. The average molecular weight is 314 g/mol. The lowest BCUT2D eigenvalue weighted by Crippen LogP contribution is -2.49. The van der Waals surface area contributed by atoms with E-state index in [2.05, 4.69) is 15.9 Å². The molecule has 1 saturated heterocycles. The molecule has 4 nitrogen and oxygen atoms in total. The van der Waals surface area contributed by atoms with Crippen molar-refractivity contribution in [1.29, 1.82) is 0 Å². The van der Waals surface area contributed by atoms with Gasteiger partial charge in [0.1, 0.15) is 5.75 Å². The smallest absolute Gasteiger partial charge is 0.254 e. The second-order valence-corrected chi connectivity index (χ2v) is 5.13. The van der Waals surface area contributed by atoms with Crippen molar-refractivity contribution < 1.29 is 14.6 Å². The molecule has 5 heteroatoms. The topological polar surface area (TPSA) is 49.8 Å². The number of hydrogen-bond acceptors (Lipinski definition) is 3. The number of carbonyl (C=O) groups excluding carboxylic acids is 1. The Morgan fingerprint density at radius 2 is 2.33 bits per heavy atom.